The van der Waals surface area contributed by atoms with Crippen molar-refractivity contribution in [3.8, 4) is 0 Å². The molecule has 0 saturated heterocycles. The average Bonchev–Trinajstić information content (AvgIpc) is 2.32. The smallest absolute Gasteiger partial charge is 0.128 e. The molecule has 0 bridgehead atoms. The van der Waals surface area contributed by atoms with Gasteiger partial charge in [0.05, 0.1) is 0 Å². The highest BCUT2D eigenvalue weighted by atomic mass is 15.2. The van der Waals surface area contributed by atoms with Gasteiger partial charge in [-0.05, 0) is 31.5 Å². The van der Waals surface area contributed by atoms with Crippen molar-refractivity contribution in [3.05, 3.63) is 23.9 Å². The van der Waals surface area contributed by atoms with Crippen LogP contribution in [0.25, 0.3) is 0 Å². The van der Waals surface area contributed by atoms with Crippen LogP contribution in [-0.2, 0) is 6.54 Å². The van der Waals surface area contributed by atoms with E-state index >= 15 is 0 Å². The van der Waals surface area contributed by atoms with Gasteiger partial charge in [-0.15, -0.1) is 0 Å². The number of rotatable bonds is 6. The molecule has 0 unspecified atom stereocenters. The van der Waals surface area contributed by atoms with Crippen LogP contribution in [-0.4, -0.2) is 25.1 Å². The van der Waals surface area contributed by atoms with Crippen LogP contribution in [0.15, 0.2) is 18.3 Å². The largest absolute Gasteiger partial charge is 0.357 e. The van der Waals surface area contributed by atoms with Crippen molar-refractivity contribution in [1.82, 2.24) is 10.3 Å². The maximum Gasteiger partial charge on any atom is 0.128 e. The number of anilines is 1. The minimum Gasteiger partial charge on any atom is -0.357 e. The van der Waals surface area contributed by atoms with Gasteiger partial charge >= 0.3 is 0 Å². The molecule has 1 rings (SSSR count). The first-order valence-electron chi connectivity index (χ1n) is 6.05. The number of aromatic nitrogens is 1. The molecule has 1 aromatic heterocycles. The Morgan fingerprint density at radius 3 is 2.44 bits per heavy atom. The van der Waals surface area contributed by atoms with E-state index in [9.17, 15) is 0 Å². The van der Waals surface area contributed by atoms with Crippen molar-refractivity contribution < 1.29 is 0 Å². The van der Waals surface area contributed by atoms with Crippen molar-refractivity contribution in [2.45, 2.75) is 39.3 Å². The van der Waals surface area contributed by atoms with Crippen LogP contribution in [0.2, 0.25) is 0 Å². The zero-order valence-corrected chi connectivity index (χ0v) is 10.8. The molecule has 0 atom stereocenters. The van der Waals surface area contributed by atoms with E-state index in [0.29, 0.717) is 6.04 Å². The Labute approximate surface area is 98.9 Å². The molecule has 1 N–H and O–H groups in total. The quantitative estimate of drug-likeness (QED) is 0.799. The minimum absolute atomic E-state index is 0.586. The topological polar surface area (TPSA) is 28.2 Å². The second kappa shape index (κ2) is 6.48. The molecular weight excluding hydrogens is 198 g/mol. The molecule has 0 aliphatic rings. The van der Waals surface area contributed by atoms with E-state index in [-0.39, 0.29) is 0 Å². The van der Waals surface area contributed by atoms with Crippen molar-refractivity contribution in [3.63, 3.8) is 0 Å². The fraction of sp³-hybridized carbons (Fsp3) is 0.615. The zero-order chi connectivity index (χ0) is 12.0. The third-order valence-electron chi connectivity index (χ3n) is 3.04. The summed E-state index contributed by atoms with van der Waals surface area (Å²) in [4.78, 5) is 6.77. The van der Waals surface area contributed by atoms with E-state index in [2.05, 4.69) is 48.2 Å². The number of hydrogen-bond acceptors (Lipinski definition) is 3. The normalized spacial score (nSPS) is 10.8. The van der Waals surface area contributed by atoms with Gasteiger partial charge in [0.1, 0.15) is 5.82 Å². The number of hydrogen-bond donors (Lipinski definition) is 1. The first kappa shape index (κ1) is 13.0. The highest BCUT2D eigenvalue weighted by Gasteiger charge is 2.11. The van der Waals surface area contributed by atoms with Gasteiger partial charge in [0, 0.05) is 25.8 Å². The molecule has 0 amide bonds. The van der Waals surface area contributed by atoms with Crippen molar-refractivity contribution in [2.24, 2.45) is 0 Å². The van der Waals surface area contributed by atoms with Crippen LogP contribution >= 0.6 is 0 Å². The Morgan fingerprint density at radius 1 is 1.31 bits per heavy atom. The Hall–Kier alpha value is -1.09. The molecule has 3 heteroatoms. The molecule has 0 fully saturated rings. The van der Waals surface area contributed by atoms with E-state index in [1.54, 1.807) is 0 Å². The monoisotopic (exact) mass is 221 g/mol. The molecule has 0 radical (unpaired) electrons. The summed E-state index contributed by atoms with van der Waals surface area (Å²) in [5.41, 5.74) is 1.23. The summed E-state index contributed by atoms with van der Waals surface area (Å²) in [6, 6.07) is 4.82. The van der Waals surface area contributed by atoms with E-state index in [1.165, 1.54) is 5.56 Å². The van der Waals surface area contributed by atoms with Crippen LogP contribution in [0.1, 0.15) is 32.3 Å². The van der Waals surface area contributed by atoms with E-state index in [4.69, 9.17) is 0 Å². The van der Waals surface area contributed by atoms with Gasteiger partial charge in [0.2, 0.25) is 0 Å². The first-order chi connectivity index (χ1) is 7.72. The summed E-state index contributed by atoms with van der Waals surface area (Å²) in [6.45, 7) is 5.32. The van der Waals surface area contributed by atoms with Crippen molar-refractivity contribution in [1.29, 1.82) is 0 Å². The SMILES string of the molecule is CCC(CC)N(C)c1ccc(CNC)cn1. The standard InChI is InChI=1S/C13H23N3/c1-5-12(6-2)16(4)13-8-7-11(9-14-3)10-15-13/h7-8,10,12,14H,5-6,9H2,1-4H3. The summed E-state index contributed by atoms with van der Waals surface area (Å²) in [6.07, 6.45) is 4.27. The molecule has 16 heavy (non-hydrogen) atoms. The zero-order valence-electron chi connectivity index (χ0n) is 10.8. The van der Waals surface area contributed by atoms with Crippen LogP contribution in [0, 0.1) is 0 Å². The average molecular weight is 221 g/mol. The molecule has 90 valence electrons. The molecule has 1 heterocycles. The fourth-order valence-corrected chi connectivity index (χ4v) is 1.96. The second-order valence-corrected chi connectivity index (χ2v) is 4.14. The maximum atomic E-state index is 4.50. The van der Waals surface area contributed by atoms with Gasteiger partial charge in [0.25, 0.3) is 0 Å². The predicted molar refractivity (Wildman–Crippen MR) is 69.8 cm³/mol. The van der Waals surface area contributed by atoms with E-state index < -0.39 is 0 Å². The van der Waals surface area contributed by atoms with Gasteiger partial charge in [-0.3, -0.25) is 0 Å². The Morgan fingerprint density at radius 2 is 2.00 bits per heavy atom. The van der Waals surface area contributed by atoms with Gasteiger partial charge in [-0.25, -0.2) is 4.98 Å². The molecule has 0 spiro atoms. The number of nitrogens with one attached hydrogen (secondary N) is 1. The van der Waals surface area contributed by atoms with Crippen molar-refractivity contribution >= 4 is 5.82 Å². The van der Waals surface area contributed by atoms with Gasteiger partial charge in [0.15, 0.2) is 0 Å². The summed E-state index contributed by atoms with van der Waals surface area (Å²) >= 11 is 0. The molecule has 0 aliphatic carbocycles. The predicted octanol–water partition coefficient (Wildman–Crippen LogP) is 2.43. The van der Waals surface area contributed by atoms with E-state index in [1.807, 2.05) is 13.2 Å². The minimum atomic E-state index is 0.586. The third kappa shape index (κ3) is 3.20. The number of pyridine rings is 1. The van der Waals surface area contributed by atoms with Crippen LogP contribution < -0.4 is 10.2 Å². The number of nitrogens with zero attached hydrogens (tertiary/aromatic N) is 2. The lowest BCUT2D eigenvalue weighted by Crippen LogP contribution is -2.31. The molecule has 0 saturated carbocycles. The van der Waals surface area contributed by atoms with Crippen LogP contribution in [0.3, 0.4) is 0 Å². The molecule has 3 nitrogen and oxygen atoms in total. The lowest BCUT2D eigenvalue weighted by Gasteiger charge is -2.27. The highest BCUT2D eigenvalue weighted by molar-refractivity contribution is 5.39. The Kier molecular flexibility index (Phi) is 5.26. The van der Waals surface area contributed by atoms with Crippen molar-refractivity contribution in [2.75, 3.05) is 19.0 Å². The molecule has 1 aromatic rings. The van der Waals surface area contributed by atoms with E-state index in [0.717, 1.165) is 25.2 Å². The molecular formula is C13H23N3. The summed E-state index contributed by atoms with van der Waals surface area (Å²) in [5.74, 6) is 1.06. The Balaban J connectivity index is 2.72. The first-order valence-corrected chi connectivity index (χ1v) is 6.05. The second-order valence-electron chi connectivity index (χ2n) is 4.14. The molecule has 0 aromatic carbocycles. The third-order valence-corrected chi connectivity index (χ3v) is 3.04. The molecule has 0 aliphatic heterocycles. The van der Waals surface area contributed by atoms with Crippen LogP contribution in [0.5, 0.6) is 0 Å². The summed E-state index contributed by atoms with van der Waals surface area (Å²) < 4.78 is 0. The Bertz CT molecular complexity index is 291. The van der Waals surface area contributed by atoms with Gasteiger partial charge in [-0.2, -0.15) is 0 Å². The van der Waals surface area contributed by atoms with Gasteiger partial charge < -0.3 is 10.2 Å². The van der Waals surface area contributed by atoms with Crippen LogP contribution in [0.4, 0.5) is 5.82 Å². The lowest BCUT2D eigenvalue weighted by molar-refractivity contribution is 0.586. The highest BCUT2D eigenvalue weighted by Crippen LogP contribution is 2.16. The maximum absolute atomic E-state index is 4.50. The summed E-state index contributed by atoms with van der Waals surface area (Å²) in [5, 5.41) is 3.12. The van der Waals surface area contributed by atoms with Gasteiger partial charge in [-0.1, -0.05) is 19.9 Å². The fourth-order valence-electron chi connectivity index (χ4n) is 1.96. The lowest BCUT2D eigenvalue weighted by atomic mass is 10.1. The summed E-state index contributed by atoms with van der Waals surface area (Å²) in [7, 11) is 4.07.